The van der Waals surface area contributed by atoms with Crippen LogP contribution in [0.15, 0.2) is 35.7 Å². The number of nitrogens with zero attached hydrogens (tertiary/aromatic N) is 1. The van der Waals surface area contributed by atoms with Gasteiger partial charge in [-0.15, -0.1) is 11.3 Å². The number of aryl methyl sites for hydroxylation is 2. The van der Waals surface area contributed by atoms with Crippen LogP contribution in [-0.2, 0) is 9.59 Å². The van der Waals surface area contributed by atoms with Crippen molar-refractivity contribution in [3.63, 3.8) is 0 Å². The molecule has 2 heterocycles. The molecule has 1 fully saturated rings. The van der Waals surface area contributed by atoms with E-state index in [0.29, 0.717) is 12.6 Å². The first-order chi connectivity index (χ1) is 12.5. The summed E-state index contributed by atoms with van der Waals surface area (Å²) >= 11 is 1.74. The number of anilines is 1. The van der Waals surface area contributed by atoms with E-state index in [4.69, 9.17) is 0 Å². The number of hydrogen-bond donors (Lipinski definition) is 2. The van der Waals surface area contributed by atoms with E-state index < -0.39 is 0 Å². The molecule has 1 aromatic carbocycles. The predicted molar refractivity (Wildman–Crippen MR) is 105 cm³/mol. The van der Waals surface area contributed by atoms with Gasteiger partial charge in [0.05, 0.1) is 13.1 Å². The zero-order chi connectivity index (χ0) is 18.5. The Labute approximate surface area is 158 Å². The molecule has 5 nitrogen and oxygen atoms in total. The molecular formula is C20H25N3O2S. The number of rotatable bonds is 6. The third-order valence-corrected chi connectivity index (χ3v) is 5.75. The number of hydrogen-bond acceptors (Lipinski definition) is 4. The zero-order valence-corrected chi connectivity index (χ0v) is 16.1. The lowest BCUT2D eigenvalue weighted by atomic mass is 10.1. The van der Waals surface area contributed by atoms with Crippen molar-refractivity contribution in [2.45, 2.75) is 32.7 Å². The molecule has 0 aliphatic carbocycles. The van der Waals surface area contributed by atoms with E-state index >= 15 is 0 Å². The average molecular weight is 372 g/mol. The molecule has 2 N–H and O–H groups in total. The summed E-state index contributed by atoms with van der Waals surface area (Å²) in [6, 6.07) is 10.4. The molecular weight excluding hydrogens is 346 g/mol. The lowest BCUT2D eigenvalue weighted by Crippen LogP contribution is -2.40. The van der Waals surface area contributed by atoms with E-state index in [-0.39, 0.29) is 18.4 Å². The standard InChI is InChI=1S/C20H25N3O2S/c1-14-6-3-7-15(2)20(14)22-18(24)12-21-19(25)13-23-10-4-8-16(23)17-9-5-11-26-17/h3,5-7,9,11,16H,4,8,10,12-13H2,1-2H3,(H,21,25)(H,22,24)/t16-/m0/s1. The minimum absolute atomic E-state index is 0.00981. The van der Waals surface area contributed by atoms with Crippen molar-refractivity contribution >= 4 is 28.8 Å². The van der Waals surface area contributed by atoms with Crippen LogP contribution < -0.4 is 10.6 Å². The van der Waals surface area contributed by atoms with Crippen LogP contribution in [0.5, 0.6) is 0 Å². The third kappa shape index (κ3) is 4.51. The Bertz CT molecular complexity index is 753. The molecule has 0 radical (unpaired) electrons. The second kappa shape index (κ2) is 8.47. The summed E-state index contributed by atoms with van der Waals surface area (Å²) in [6.07, 6.45) is 2.18. The van der Waals surface area contributed by atoms with E-state index in [1.54, 1.807) is 11.3 Å². The normalized spacial score (nSPS) is 17.2. The molecule has 26 heavy (non-hydrogen) atoms. The van der Waals surface area contributed by atoms with Crippen LogP contribution >= 0.6 is 11.3 Å². The van der Waals surface area contributed by atoms with Gasteiger partial charge in [-0.2, -0.15) is 0 Å². The van der Waals surface area contributed by atoms with Gasteiger partial charge in [0.1, 0.15) is 0 Å². The molecule has 0 saturated carbocycles. The maximum atomic E-state index is 12.3. The molecule has 2 aromatic rings. The summed E-state index contributed by atoms with van der Waals surface area (Å²) in [5.41, 5.74) is 2.85. The summed E-state index contributed by atoms with van der Waals surface area (Å²) < 4.78 is 0. The highest BCUT2D eigenvalue weighted by atomic mass is 32.1. The largest absolute Gasteiger partial charge is 0.346 e. The Morgan fingerprint density at radius 1 is 1.15 bits per heavy atom. The lowest BCUT2D eigenvalue weighted by Gasteiger charge is -2.22. The third-order valence-electron chi connectivity index (χ3n) is 4.77. The smallest absolute Gasteiger partial charge is 0.243 e. The average Bonchev–Trinajstić information content (AvgIpc) is 3.27. The highest BCUT2D eigenvalue weighted by molar-refractivity contribution is 7.10. The SMILES string of the molecule is Cc1cccc(C)c1NC(=O)CNC(=O)CN1CCC[C@H]1c1cccs1. The Balaban J connectivity index is 1.49. The topological polar surface area (TPSA) is 61.4 Å². The van der Waals surface area contributed by atoms with Gasteiger partial charge in [0, 0.05) is 16.6 Å². The summed E-state index contributed by atoms with van der Waals surface area (Å²) in [6.45, 7) is 5.16. The Morgan fingerprint density at radius 2 is 1.92 bits per heavy atom. The quantitative estimate of drug-likeness (QED) is 0.819. The minimum atomic E-state index is -0.202. The van der Waals surface area contributed by atoms with Crippen LogP contribution in [0.3, 0.4) is 0 Å². The Morgan fingerprint density at radius 3 is 2.62 bits per heavy atom. The number of benzene rings is 1. The van der Waals surface area contributed by atoms with Crippen molar-refractivity contribution in [3.8, 4) is 0 Å². The van der Waals surface area contributed by atoms with Crippen molar-refractivity contribution in [1.82, 2.24) is 10.2 Å². The van der Waals surface area contributed by atoms with E-state index in [2.05, 4.69) is 33.0 Å². The summed E-state index contributed by atoms with van der Waals surface area (Å²) in [5, 5.41) is 7.71. The van der Waals surface area contributed by atoms with Gasteiger partial charge < -0.3 is 10.6 Å². The first-order valence-electron chi connectivity index (χ1n) is 8.95. The van der Waals surface area contributed by atoms with Crippen molar-refractivity contribution < 1.29 is 9.59 Å². The fraction of sp³-hybridized carbons (Fsp3) is 0.400. The number of carbonyl (C=O) groups is 2. The first kappa shape index (κ1) is 18.6. The zero-order valence-electron chi connectivity index (χ0n) is 15.2. The molecule has 1 aliphatic rings. The molecule has 3 rings (SSSR count). The highest BCUT2D eigenvalue weighted by Crippen LogP contribution is 2.33. The number of nitrogens with one attached hydrogen (secondary N) is 2. The van der Waals surface area contributed by atoms with Crippen LogP contribution in [-0.4, -0.2) is 36.3 Å². The van der Waals surface area contributed by atoms with Gasteiger partial charge in [-0.3, -0.25) is 14.5 Å². The van der Waals surface area contributed by atoms with Crippen LogP contribution in [0.4, 0.5) is 5.69 Å². The Kier molecular flexibility index (Phi) is 6.06. The van der Waals surface area contributed by atoms with Crippen molar-refractivity contribution in [2.75, 3.05) is 25.0 Å². The number of carbonyl (C=O) groups excluding carboxylic acids is 2. The molecule has 2 amide bonds. The van der Waals surface area contributed by atoms with Gasteiger partial charge in [-0.25, -0.2) is 0 Å². The Hall–Kier alpha value is -2.18. The van der Waals surface area contributed by atoms with Crippen molar-refractivity contribution in [3.05, 3.63) is 51.7 Å². The molecule has 0 spiro atoms. The number of likely N-dealkylation sites (tertiary alicyclic amines) is 1. The van der Waals surface area contributed by atoms with Crippen LogP contribution in [0.2, 0.25) is 0 Å². The maximum absolute atomic E-state index is 12.3. The van der Waals surface area contributed by atoms with E-state index in [9.17, 15) is 9.59 Å². The summed E-state index contributed by atoms with van der Waals surface area (Å²) in [5.74, 6) is -0.308. The molecule has 0 bridgehead atoms. The highest BCUT2D eigenvalue weighted by Gasteiger charge is 2.28. The van der Waals surface area contributed by atoms with Crippen molar-refractivity contribution in [2.24, 2.45) is 0 Å². The predicted octanol–water partition coefficient (Wildman–Crippen LogP) is 3.26. The molecule has 1 saturated heterocycles. The molecule has 0 unspecified atom stereocenters. The van der Waals surface area contributed by atoms with Gasteiger partial charge in [0.25, 0.3) is 0 Å². The number of para-hydroxylation sites is 1. The fourth-order valence-corrected chi connectivity index (χ4v) is 4.33. The molecule has 138 valence electrons. The minimum Gasteiger partial charge on any atom is -0.346 e. The van der Waals surface area contributed by atoms with E-state index in [1.165, 1.54) is 4.88 Å². The van der Waals surface area contributed by atoms with Crippen LogP contribution in [0.1, 0.15) is 34.9 Å². The summed E-state index contributed by atoms with van der Waals surface area (Å²) in [7, 11) is 0. The lowest BCUT2D eigenvalue weighted by molar-refractivity contribution is -0.125. The number of thiophene rings is 1. The van der Waals surface area contributed by atoms with E-state index in [1.807, 2.05) is 32.0 Å². The first-order valence-corrected chi connectivity index (χ1v) is 9.83. The monoisotopic (exact) mass is 371 g/mol. The molecule has 1 atom stereocenters. The van der Waals surface area contributed by atoms with Crippen molar-refractivity contribution in [1.29, 1.82) is 0 Å². The summed E-state index contributed by atoms with van der Waals surface area (Å²) in [4.78, 5) is 28.0. The molecule has 6 heteroatoms. The fourth-order valence-electron chi connectivity index (χ4n) is 3.43. The van der Waals surface area contributed by atoms with Crippen LogP contribution in [0, 0.1) is 13.8 Å². The van der Waals surface area contributed by atoms with Gasteiger partial charge in [-0.05, 0) is 55.8 Å². The number of amides is 2. The molecule has 1 aromatic heterocycles. The van der Waals surface area contributed by atoms with E-state index in [0.717, 1.165) is 36.2 Å². The second-order valence-corrected chi connectivity index (χ2v) is 7.71. The van der Waals surface area contributed by atoms with Gasteiger partial charge in [-0.1, -0.05) is 24.3 Å². The maximum Gasteiger partial charge on any atom is 0.243 e. The van der Waals surface area contributed by atoms with Gasteiger partial charge in [0.2, 0.25) is 11.8 Å². The van der Waals surface area contributed by atoms with Gasteiger partial charge >= 0.3 is 0 Å². The van der Waals surface area contributed by atoms with Crippen LogP contribution in [0.25, 0.3) is 0 Å². The van der Waals surface area contributed by atoms with Gasteiger partial charge in [0.15, 0.2) is 0 Å². The molecule has 1 aliphatic heterocycles. The second-order valence-electron chi connectivity index (χ2n) is 6.74.